The number of hydrogen-bond acceptors (Lipinski definition) is 3. The number of carbonyl (C=O) groups excluding carboxylic acids is 1. The third kappa shape index (κ3) is 2.03. The number of anilines is 1. The van der Waals surface area contributed by atoms with Gasteiger partial charge in [-0.15, -0.1) is 0 Å². The first kappa shape index (κ1) is 10.6. The highest BCUT2D eigenvalue weighted by atomic mass is 16.6. The number of fused-ring (bicyclic) bond motifs is 1. The molecule has 1 heterocycles. The standard InChI is InChI=1S/C11H12N2O3/c14-11(8-13(15)16)12-7-3-5-9-4-1-2-6-10(9)12/h1-2,4,6H,3,5,7-8H2. The maximum absolute atomic E-state index is 11.7. The van der Waals surface area contributed by atoms with Gasteiger partial charge in [-0.3, -0.25) is 14.9 Å². The molecule has 0 unspecified atom stereocenters. The van der Waals surface area contributed by atoms with Gasteiger partial charge >= 0.3 is 0 Å². The van der Waals surface area contributed by atoms with Crippen molar-refractivity contribution in [3.05, 3.63) is 39.9 Å². The van der Waals surface area contributed by atoms with Crippen molar-refractivity contribution in [1.82, 2.24) is 0 Å². The van der Waals surface area contributed by atoms with Gasteiger partial charge in [-0.1, -0.05) is 18.2 Å². The van der Waals surface area contributed by atoms with Crippen LogP contribution in [0.2, 0.25) is 0 Å². The molecule has 1 aromatic rings. The summed E-state index contributed by atoms with van der Waals surface area (Å²) in [4.78, 5) is 22.9. The summed E-state index contributed by atoms with van der Waals surface area (Å²) in [6.45, 7) is -0.0575. The van der Waals surface area contributed by atoms with E-state index in [1.807, 2.05) is 24.3 Å². The number of amides is 1. The molecule has 84 valence electrons. The largest absolute Gasteiger partial charge is 0.306 e. The highest BCUT2D eigenvalue weighted by Crippen LogP contribution is 2.26. The van der Waals surface area contributed by atoms with E-state index in [-0.39, 0.29) is 0 Å². The Morgan fingerprint density at radius 2 is 2.19 bits per heavy atom. The topological polar surface area (TPSA) is 63.4 Å². The smallest absolute Gasteiger partial charge is 0.298 e. The molecule has 0 N–H and O–H groups in total. The summed E-state index contributed by atoms with van der Waals surface area (Å²) >= 11 is 0. The number of rotatable bonds is 2. The molecule has 0 aromatic heterocycles. The number of nitrogens with zero attached hydrogens (tertiary/aromatic N) is 2. The van der Waals surface area contributed by atoms with Crippen LogP contribution < -0.4 is 4.90 Å². The maximum Gasteiger partial charge on any atom is 0.298 e. The normalized spacial score (nSPS) is 14.4. The molecule has 1 aliphatic heterocycles. The minimum Gasteiger partial charge on any atom is -0.306 e. The van der Waals surface area contributed by atoms with Gasteiger partial charge in [0.2, 0.25) is 0 Å². The summed E-state index contributed by atoms with van der Waals surface area (Å²) in [5.41, 5.74) is 1.91. The second kappa shape index (κ2) is 4.30. The van der Waals surface area contributed by atoms with E-state index in [0.29, 0.717) is 6.54 Å². The fourth-order valence-corrected chi connectivity index (χ4v) is 1.99. The minimum absolute atomic E-state index is 0.433. The lowest BCUT2D eigenvalue weighted by atomic mass is 10.0. The molecule has 0 spiro atoms. The molecule has 0 atom stereocenters. The van der Waals surface area contributed by atoms with Crippen molar-refractivity contribution in [3.63, 3.8) is 0 Å². The van der Waals surface area contributed by atoms with E-state index < -0.39 is 17.4 Å². The van der Waals surface area contributed by atoms with Crippen molar-refractivity contribution < 1.29 is 9.72 Å². The predicted octanol–water partition coefficient (Wildman–Crippen LogP) is 1.24. The highest BCUT2D eigenvalue weighted by Gasteiger charge is 2.24. The Hall–Kier alpha value is -1.91. The van der Waals surface area contributed by atoms with Crippen LogP contribution in [-0.4, -0.2) is 23.9 Å². The van der Waals surface area contributed by atoms with E-state index in [2.05, 4.69) is 0 Å². The number of aryl methyl sites for hydroxylation is 1. The van der Waals surface area contributed by atoms with Gasteiger partial charge in [0.1, 0.15) is 0 Å². The van der Waals surface area contributed by atoms with Crippen molar-refractivity contribution in [3.8, 4) is 0 Å². The van der Waals surface area contributed by atoms with Crippen LogP contribution in [0, 0.1) is 10.1 Å². The summed E-state index contributed by atoms with van der Waals surface area (Å²) in [6.07, 6.45) is 1.79. The van der Waals surface area contributed by atoms with Gasteiger partial charge < -0.3 is 4.90 Å². The van der Waals surface area contributed by atoms with Gasteiger partial charge in [0.15, 0.2) is 0 Å². The Morgan fingerprint density at radius 1 is 1.44 bits per heavy atom. The molecular weight excluding hydrogens is 208 g/mol. The van der Waals surface area contributed by atoms with Crippen molar-refractivity contribution in [1.29, 1.82) is 0 Å². The average Bonchev–Trinajstić information content (AvgIpc) is 2.27. The van der Waals surface area contributed by atoms with Gasteiger partial charge in [-0.25, -0.2) is 0 Å². The average molecular weight is 220 g/mol. The van der Waals surface area contributed by atoms with Crippen LogP contribution in [0.25, 0.3) is 0 Å². The molecule has 1 aliphatic rings. The zero-order chi connectivity index (χ0) is 11.5. The molecule has 2 rings (SSSR count). The first-order valence-electron chi connectivity index (χ1n) is 5.18. The fourth-order valence-electron chi connectivity index (χ4n) is 1.99. The molecule has 16 heavy (non-hydrogen) atoms. The predicted molar refractivity (Wildman–Crippen MR) is 59.0 cm³/mol. The number of hydrogen-bond donors (Lipinski definition) is 0. The third-order valence-electron chi connectivity index (χ3n) is 2.68. The van der Waals surface area contributed by atoms with Gasteiger partial charge in [0, 0.05) is 17.2 Å². The van der Waals surface area contributed by atoms with E-state index in [4.69, 9.17) is 0 Å². The van der Waals surface area contributed by atoms with E-state index in [9.17, 15) is 14.9 Å². The van der Waals surface area contributed by atoms with Crippen LogP contribution >= 0.6 is 0 Å². The zero-order valence-electron chi connectivity index (χ0n) is 8.76. The van der Waals surface area contributed by atoms with E-state index in [0.717, 1.165) is 24.1 Å². The Balaban J connectivity index is 2.24. The molecule has 0 fully saturated rings. The van der Waals surface area contributed by atoms with Gasteiger partial charge in [0.25, 0.3) is 12.5 Å². The number of carbonyl (C=O) groups is 1. The van der Waals surface area contributed by atoms with Gasteiger partial charge in [-0.2, -0.15) is 0 Å². The van der Waals surface area contributed by atoms with Crippen LogP contribution in [0.3, 0.4) is 0 Å². The Kier molecular flexibility index (Phi) is 2.85. The lowest BCUT2D eigenvalue weighted by molar-refractivity contribution is -0.467. The van der Waals surface area contributed by atoms with E-state index in [1.165, 1.54) is 4.90 Å². The molecule has 0 saturated carbocycles. The Morgan fingerprint density at radius 3 is 2.94 bits per heavy atom. The number of benzene rings is 1. The molecule has 0 bridgehead atoms. The van der Waals surface area contributed by atoms with Crippen molar-refractivity contribution in [2.24, 2.45) is 0 Å². The van der Waals surface area contributed by atoms with E-state index >= 15 is 0 Å². The maximum atomic E-state index is 11.7. The highest BCUT2D eigenvalue weighted by molar-refractivity contribution is 5.95. The Bertz CT molecular complexity index is 431. The lowest BCUT2D eigenvalue weighted by Gasteiger charge is -2.28. The summed E-state index contributed by atoms with van der Waals surface area (Å²) < 4.78 is 0. The zero-order valence-corrected chi connectivity index (χ0v) is 8.76. The first-order chi connectivity index (χ1) is 7.68. The monoisotopic (exact) mass is 220 g/mol. The fraction of sp³-hybridized carbons (Fsp3) is 0.364. The van der Waals surface area contributed by atoms with Crippen LogP contribution in [0.1, 0.15) is 12.0 Å². The molecule has 0 radical (unpaired) electrons. The first-order valence-corrected chi connectivity index (χ1v) is 5.18. The summed E-state index contributed by atoms with van der Waals surface area (Å²) in [5, 5.41) is 10.3. The second-order valence-corrected chi connectivity index (χ2v) is 3.77. The van der Waals surface area contributed by atoms with Gasteiger partial charge in [0.05, 0.1) is 0 Å². The van der Waals surface area contributed by atoms with E-state index in [1.54, 1.807) is 0 Å². The second-order valence-electron chi connectivity index (χ2n) is 3.77. The molecular formula is C11H12N2O3. The van der Waals surface area contributed by atoms with Crippen LogP contribution in [0.5, 0.6) is 0 Å². The molecule has 0 aliphatic carbocycles. The third-order valence-corrected chi connectivity index (χ3v) is 2.68. The van der Waals surface area contributed by atoms with Gasteiger partial charge in [-0.05, 0) is 24.5 Å². The van der Waals surface area contributed by atoms with Crippen LogP contribution in [0.4, 0.5) is 5.69 Å². The SMILES string of the molecule is O=C(C[N+](=O)[O-])N1CCCc2ccccc21. The summed E-state index contributed by atoms with van der Waals surface area (Å²) in [5.74, 6) is -0.433. The quantitative estimate of drug-likeness (QED) is 0.556. The Labute approximate surface area is 92.8 Å². The van der Waals surface area contributed by atoms with Crippen LogP contribution in [-0.2, 0) is 11.2 Å². The summed E-state index contributed by atoms with van der Waals surface area (Å²) in [6, 6.07) is 7.56. The van der Waals surface area contributed by atoms with Crippen molar-refractivity contribution in [2.75, 3.05) is 18.0 Å². The molecule has 1 amide bonds. The van der Waals surface area contributed by atoms with Crippen molar-refractivity contribution in [2.45, 2.75) is 12.8 Å². The minimum atomic E-state index is -0.631. The molecule has 1 aromatic carbocycles. The van der Waals surface area contributed by atoms with Crippen LogP contribution in [0.15, 0.2) is 24.3 Å². The molecule has 0 saturated heterocycles. The number of nitro groups is 1. The summed E-state index contributed by atoms with van der Waals surface area (Å²) in [7, 11) is 0. The molecule has 5 nitrogen and oxygen atoms in total. The number of para-hydroxylation sites is 1. The lowest BCUT2D eigenvalue weighted by Crippen LogP contribution is -2.39. The molecule has 5 heteroatoms. The van der Waals surface area contributed by atoms with Crippen molar-refractivity contribution >= 4 is 11.6 Å².